The Kier molecular flexibility index (Phi) is 3.38. The van der Waals surface area contributed by atoms with E-state index in [1.165, 1.54) is 62.6 Å². The molecular formula is C17H19N5O2S. The van der Waals surface area contributed by atoms with Gasteiger partial charge in [-0.3, -0.25) is 15.2 Å². The third kappa shape index (κ3) is 2.63. The summed E-state index contributed by atoms with van der Waals surface area (Å²) in [5, 5.41) is 19.6. The van der Waals surface area contributed by atoms with Crippen molar-refractivity contribution < 1.29 is 4.92 Å². The van der Waals surface area contributed by atoms with Crippen LogP contribution in [-0.2, 0) is 5.41 Å². The summed E-state index contributed by atoms with van der Waals surface area (Å²) in [5.41, 5.74) is 0.192. The van der Waals surface area contributed by atoms with E-state index in [0.717, 1.165) is 23.6 Å². The summed E-state index contributed by atoms with van der Waals surface area (Å²) in [7, 11) is 0. The molecule has 8 heteroatoms. The molecule has 4 fully saturated rings. The van der Waals surface area contributed by atoms with Gasteiger partial charge in [0.05, 0.1) is 4.92 Å². The van der Waals surface area contributed by atoms with Crippen molar-refractivity contribution in [2.75, 3.05) is 0 Å². The largest absolute Gasteiger partial charge is 0.287 e. The number of aromatic amines is 1. The molecule has 0 amide bonds. The number of aromatic nitrogens is 4. The fourth-order valence-electron chi connectivity index (χ4n) is 5.56. The fraction of sp³-hybridized carbons (Fsp3) is 0.588. The van der Waals surface area contributed by atoms with Crippen LogP contribution in [0.25, 0.3) is 0 Å². The van der Waals surface area contributed by atoms with Crippen LogP contribution in [0.15, 0.2) is 28.5 Å². The minimum absolute atomic E-state index is 0.00593. The first-order chi connectivity index (χ1) is 12.1. The molecule has 2 aromatic heterocycles. The van der Waals surface area contributed by atoms with Crippen molar-refractivity contribution in [3.63, 3.8) is 0 Å². The monoisotopic (exact) mass is 357 g/mol. The number of H-pyrrole nitrogens is 1. The van der Waals surface area contributed by atoms with E-state index in [2.05, 4.69) is 15.2 Å². The maximum Gasteiger partial charge on any atom is 0.287 e. The molecule has 7 nitrogen and oxygen atoms in total. The molecule has 1 N–H and O–H groups in total. The van der Waals surface area contributed by atoms with E-state index in [1.807, 2.05) is 0 Å². The van der Waals surface area contributed by atoms with Gasteiger partial charge in [-0.2, -0.15) is 0 Å². The highest BCUT2D eigenvalue weighted by Crippen LogP contribution is 2.60. The van der Waals surface area contributed by atoms with Gasteiger partial charge in [0.15, 0.2) is 0 Å². The molecule has 0 atom stereocenters. The number of pyridine rings is 1. The third-order valence-corrected chi connectivity index (χ3v) is 6.95. The van der Waals surface area contributed by atoms with E-state index in [9.17, 15) is 10.1 Å². The van der Waals surface area contributed by atoms with Gasteiger partial charge in [0.25, 0.3) is 5.69 Å². The maximum absolute atomic E-state index is 10.7. The zero-order valence-electron chi connectivity index (χ0n) is 13.7. The Balaban J connectivity index is 1.36. The van der Waals surface area contributed by atoms with Gasteiger partial charge in [0.1, 0.15) is 17.0 Å². The SMILES string of the molecule is O=[N+]([O-])c1ccc(Sc2n[nH]c(C34CC5CC(CC(C5)C3)C4)n2)nc1. The smallest absolute Gasteiger partial charge is 0.262 e. The van der Waals surface area contributed by atoms with Gasteiger partial charge in [-0.15, -0.1) is 5.10 Å². The number of hydrogen-bond acceptors (Lipinski definition) is 6. The first-order valence-corrected chi connectivity index (χ1v) is 9.62. The van der Waals surface area contributed by atoms with E-state index in [0.29, 0.717) is 10.2 Å². The molecule has 25 heavy (non-hydrogen) atoms. The van der Waals surface area contributed by atoms with Crippen molar-refractivity contribution in [1.82, 2.24) is 20.2 Å². The van der Waals surface area contributed by atoms with Crippen LogP contribution in [0, 0.1) is 27.9 Å². The second-order valence-electron chi connectivity index (χ2n) is 7.88. The third-order valence-electron chi connectivity index (χ3n) is 6.13. The van der Waals surface area contributed by atoms with Crippen LogP contribution in [0.4, 0.5) is 5.69 Å². The quantitative estimate of drug-likeness (QED) is 0.661. The Labute approximate surface area is 149 Å². The highest BCUT2D eigenvalue weighted by Gasteiger charge is 2.53. The Morgan fingerprint density at radius 2 is 1.84 bits per heavy atom. The molecule has 0 aromatic carbocycles. The predicted octanol–water partition coefficient (Wildman–Crippen LogP) is 3.73. The molecule has 0 unspecified atom stereocenters. The van der Waals surface area contributed by atoms with Gasteiger partial charge in [-0.25, -0.2) is 9.97 Å². The molecule has 2 aromatic rings. The van der Waals surface area contributed by atoms with Gasteiger partial charge in [0.2, 0.25) is 5.16 Å². The van der Waals surface area contributed by atoms with Gasteiger partial charge in [0, 0.05) is 11.5 Å². The highest BCUT2D eigenvalue weighted by molar-refractivity contribution is 7.99. The number of nitrogens with zero attached hydrogens (tertiary/aromatic N) is 4. The lowest BCUT2D eigenvalue weighted by Crippen LogP contribution is -2.49. The Morgan fingerprint density at radius 3 is 2.40 bits per heavy atom. The average molecular weight is 357 g/mol. The molecule has 4 aliphatic carbocycles. The lowest BCUT2D eigenvalue weighted by molar-refractivity contribution is -0.385. The van der Waals surface area contributed by atoms with Gasteiger partial charge in [-0.05, 0) is 74.1 Å². The molecule has 0 aliphatic heterocycles. The second-order valence-corrected chi connectivity index (χ2v) is 8.87. The fourth-order valence-corrected chi connectivity index (χ4v) is 6.22. The van der Waals surface area contributed by atoms with Crippen LogP contribution in [0.3, 0.4) is 0 Å². The number of nitro groups is 1. The molecule has 2 heterocycles. The van der Waals surface area contributed by atoms with Crippen molar-refractivity contribution in [3.05, 3.63) is 34.3 Å². The second kappa shape index (κ2) is 5.52. The van der Waals surface area contributed by atoms with E-state index < -0.39 is 4.92 Å². The van der Waals surface area contributed by atoms with Crippen molar-refractivity contribution >= 4 is 17.4 Å². The van der Waals surface area contributed by atoms with Crippen LogP contribution < -0.4 is 0 Å². The topological polar surface area (TPSA) is 97.6 Å². The van der Waals surface area contributed by atoms with Crippen LogP contribution in [0.2, 0.25) is 0 Å². The van der Waals surface area contributed by atoms with E-state index in [-0.39, 0.29) is 11.1 Å². The molecule has 0 spiro atoms. The van der Waals surface area contributed by atoms with E-state index >= 15 is 0 Å². The number of rotatable bonds is 4. The summed E-state index contributed by atoms with van der Waals surface area (Å²) in [6, 6.07) is 3.10. The molecule has 4 aliphatic rings. The summed E-state index contributed by atoms with van der Waals surface area (Å²) in [4.78, 5) is 19.2. The zero-order valence-corrected chi connectivity index (χ0v) is 14.5. The summed E-state index contributed by atoms with van der Waals surface area (Å²) < 4.78 is 0. The first kappa shape index (κ1) is 15.3. The number of nitrogens with one attached hydrogen (secondary N) is 1. The summed E-state index contributed by atoms with van der Waals surface area (Å²) in [6.07, 6.45) is 9.22. The normalized spacial score (nSPS) is 32.9. The lowest BCUT2D eigenvalue weighted by atomic mass is 9.49. The number of hydrogen-bond donors (Lipinski definition) is 1. The van der Waals surface area contributed by atoms with Gasteiger partial charge in [-0.1, -0.05) is 0 Å². The minimum atomic E-state index is -0.445. The average Bonchev–Trinajstić information content (AvgIpc) is 3.03. The zero-order chi connectivity index (χ0) is 17.0. The molecule has 0 radical (unpaired) electrons. The van der Waals surface area contributed by atoms with Crippen LogP contribution in [0.5, 0.6) is 0 Å². The van der Waals surface area contributed by atoms with Crippen molar-refractivity contribution in [2.45, 2.75) is 54.1 Å². The van der Waals surface area contributed by atoms with Crippen molar-refractivity contribution in [3.8, 4) is 0 Å². The van der Waals surface area contributed by atoms with Crippen molar-refractivity contribution in [2.24, 2.45) is 17.8 Å². The first-order valence-electron chi connectivity index (χ1n) is 8.81. The molecular weight excluding hydrogens is 338 g/mol. The molecule has 4 bridgehead atoms. The summed E-state index contributed by atoms with van der Waals surface area (Å²) in [6.45, 7) is 0. The Bertz CT molecular complexity index is 783. The van der Waals surface area contributed by atoms with E-state index in [1.54, 1.807) is 6.07 Å². The van der Waals surface area contributed by atoms with E-state index in [4.69, 9.17) is 4.98 Å². The molecule has 0 saturated heterocycles. The van der Waals surface area contributed by atoms with Crippen LogP contribution >= 0.6 is 11.8 Å². The lowest BCUT2D eigenvalue weighted by Gasteiger charge is -2.55. The Hall–Kier alpha value is -1.96. The molecule has 4 saturated carbocycles. The Morgan fingerprint density at radius 1 is 1.16 bits per heavy atom. The molecule has 130 valence electrons. The molecule has 6 rings (SSSR count). The van der Waals surface area contributed by atoms with Crippen LogP contribution in [0.1, 0.15) is 44.3 Å². The maximum atomic E-state index is 10.7. The summed E-state index contributed by atoms with van der Waals surface area (Å²) in [5.74, 6) is 3.63. The highest BCUT2D eigenvalue weighted by atomic mass is 32.2. The summed E-state index contributed by atoms with van der Waals surface area (Å²) >= 11 is 1.35. The van der Waals surface area contributed by atoms with Gasteiger partial charge < -0.3 is 0 Å². The minimum Gasteiger partial charge on any atom is -0.262 e. The van der Waals surface area contributed by atoms with Gasteiger partial charge >= 0.3 is 0 Å². The van der Waals surface area contributed by atoms with Crippen LogP contribution in [-0.4, -0.2) is 25.1 Å². The standard InChI is InChI=1S/C17H19N5O2S/c23-22(24)13-1-2-14(18-9-13)25-16-19-15(20-21-16)17-6-10-3-11(7-17)5-12(4-10)8-17/h1-2,9-12H,3-8H2,(H,19,20,21). The predicted molar refractivity (Wildman–Crippen MR) is 91.2 cm³/mol. The van der Waals surface area contributed by atoms with Crippen molar-refractivity contribution in [1.29, 1.82) is 0 Å².